The number of rotatable bonds is 2. The third kappa shape index (κ3) is 2.40. The fraction of sp³-hybridized carbons (Fsp3) is 0.231. The molecule has 1 heterocycles. The predicted molar refractivity (Wildman–Crippen MR) is 59.5 cm³/mol. The molecule has 0 atom stereocenters. The summed E-state index contributed by atoms with van der Waals surface area (Å²) in [6.45, 7) is 5.01. The SMILES string of the molecule is Cc1cc(C)[n+](Cc2ccccc2)cn1. The molecular formula is C13H15N2+. The quantitative estimate of drug-likeness (QED) is 0.676. The van der Waals surface area contributed by atoms with Crippen LogP contribution >= 0.6 is 0 Å². The zero-order valence-electron chi connectivity index (χ0n) is 9.14. The molecule has 76 valence electrons. The van der Waals surface area contributed by atoms with Crippen molar-refractivity contribution in [3.8, 4) is 0 Å². The Hall–Kier alpha value is -1.70. The summed E-state index contributed by atoms with van der Waals surface area (Å²) in [4.78, 5) is 4.30. The second kappa shape index (κ2) is 4.22. The number of benzene rings is 1. The van der Waals surface area contributed by atoms with Crippen LogP contribution in [0.4, 0.5) is 0 Å². The third-order valence-electron chi connectivity index (χ3n) is 2.47. The zero-order chi connectivity index (χ0) is 10.7. The zero-order valence-corrected chi connectivity index (χ0v) is 9.14. The lowest BCUT2D eigenvalue weighted by molar-refractivity contribution is -0.697. The van der Waals surface area contributed by atoms with Crippen LogP contribution < -0.4 is 4.57 Å². The Morgan fingerprint density at radius 2 is 1.87 bits per heavy atom. The second-order valence-electron chi connectivity index (χ2n) is 3.79. The molecule has 0 aliphatic carbocycles. The molecule has 0 bridgehead atoms. The maximum Gasteiger partial charge on any atom is 0.286 e. The fourth-order valence-electron chi connectivity index (χ4n) is 1.62. The average Bonchev–Trinajstić information content (AvgIpc) is 2.24. The molecule has 2 nitrogen and oxygen atoms in total. The van der Waals surface area contributed by atoms with Crippen LogP contribution in [0.3, 0.4) is 0 Å². The first-order valence-electron chi connectivity index (χ1n) is 5.12. The van der Waals surface area contributed by atoms with Gasteiger partial charge in [-0.15, -0.1) is 0 Å². The molecule has 0 unspecified atom stereocenters. The maximum atomic E-state index is 4.30. The van der Waals surface area contributed by atoms with Crippen LogP contribution in [0.15, 0.2) is 42.7 Å². The molecule has 0 radical (unpaired) electrons. The molecule has 2 rings (SSSR count). The summed E-state index contributed by atoms with van der Waals surface area (Å²) >= 11 is 0. The van der Waals surface area contributed by atoms with E-state index in [0.717, 1.165) is 12.2 Å². The van der Waals surface area contributed by atoms with Crippen LogP contribution in [0.25, 0.3) is 0 Å². The third-order valence-corrected chi connectivity index (χ3v) is 2.47. The van der Waals surface area contributed by atoms with Crippen molar-refractivity contribution in [2.75, 3.05) is 0 Å². The largest absolute Gasteiger partial charge is 0.286 e. The predicted octanol–water partition coefficient (Wildman–Crippen LogP) is 2.03. The molecule has 0 amide bonds. The molecule has 2 aromatic rings. The topological polar surface area (TPSA) is 16.8 Å². The lowest BCUT2D eigenvalue weighted by Crippen LogP contribution is -2.38. The summed E-state index contributed by atoms with van der Waals surface area (Å²) < 4.78 is 2.16. The Labute approximate surface area is 90.2 Å². The Morgan fingerprint density at radius 3 is 2.53 bits per heavy atom. The standard InChI is InChI=1S/C13H15N2/c1-11-8-12(2)15(10-14-11)9-13-6-4-3-5-7-13/h3-8,10H,9H2,1-2H3/q+1. The van der Waals surface area contributed by atoms with Crippen molar-refractivity contribution in [1.82, 2.24) is 4.98 Å². The fourth-order valence-corrected chi connectivity index (χ4v) is 1.62. The van der Waals surface area contributed by atoms with E-state index in [4.69, 9.17) is 0 Å². The van der Waals surface area contributed by atoms with Crippen LogP contribution in [0.5, 0.6) is 0 Å². The summed E-state index contributed by atoms with van der Waals surface area (Å²) in [6, 6.07) is 12.5. The minimum Gasteiger partial charge on any atom is -0.230 e. The Kier molecular flexibility index (Phi) is 2.77. The summed E-state index contributed by atoms with van der Waals surface area (Å²) in [6.07, 6.45) is 1.90. The number of hydrogen-bond donors (Lipinski definition) is 0. The van der Waals surface area contributed by atoms with Gasteiger partial charge in [0.1, 0.15) is 12.2 Å². The van der Waals surface area contributed by atoms with Gasteiger partial charge in [-0.3, -0.25) is 0 Å². The van der Waals surface area contributed by atoms with Crippen molar-refractivity contribution in [2.24, 2.45) is 0 Å². The normalized spacial score (nSPS) is 10.3. The molecule has 0 fully saturated rings. The molecule has 1 aromatic carbocycles. The van der Waals surface area contributed by atoms with Crippen LogP contribution in [-0.4, -0.2) is 4.98 Å². The summed E-state index contributed by atoms with van der Waals surface area (Å²) in [5, 5.41) is 0. The van der Waals surface area contributed by atoms with Gasteiger partial charge in [-0.2, -0.15) is 0 Å². The van der Waals surface area contributed by atoms with Crippen LogP contribution in [-0.2, 0) is 6.54 Å². The first-order chi connectivity index (χ1) is 7.25. The van der Waals surface area contributed by atoms with Gasteiger partial charge >= 0.3 is 0 Å². The minimum absolute atomic E-state index is 0.889. The van der Waals surface area contributed by atoms with Gasteiger partial charge in [0.05, 0.1) is 0 Å². The Bertz CT molecular complexity index is 449. The van der Waals surface area contributed by atoms with Crippen molar-refractivity contribution >= 4 is 0 Å². The van der Waals surface area contributed by atoms with E-state index in [-0.39, 0.29) is 0 Å². The van der Waals surface area contributed by atoms with Crippen molar-refractivity contribution in [2.45, 2.75) is 20.4 Å². The van der Waals surface area contributed by atoms with Crippen LogP contribution in [0.2, 0.25) is 0 Å². The van der Waals surface area contributed by atoms with Crippen molar-refractivity contribution in [3.05, 3.63) is 59.7 Å². The summed E-state index contributed by atoms with van der Waals surface area (Å²) in [5.41, 5.74) is 3.61. The van der Waals surface area contributed by atoms with Gasteiger partial charge in [-0.25, -0.2) is 4.57 Å². The summed E-state index contributed by atoms with van der Waals surface area (Å²) in [7, 11) is 0. The van der Waals surface area contributed by atoms with Gasteiger partial charge in [-0.05, 0) is 12.5 Å². The van der Waals surface area contributed by atoms with E-state index in [1.54, 1.807) is 0 Å². The van der Waals surface area contributed by atoms with Gasteiger partial charge in [-0.1, -0.05) is 35.3 Å². The van der Waals surface area contributed by atoms with E-state index >= 15 is 0 Å². The highest BCUT2D eigenvalue weighted by atomic mass is 15.0. The molecule has 0 aliphatic rings. The average molecular weight is 199 g/mol. The van der Waals surface area contributed by atoms with E-state index in [9.17, 15) is 0 Å². The molecule has 0 aliphatic heterocycles. The van der Waals surface area contributed by atoms with Crippen molar-refractivity contribution in [3.63, 3.8) is 0 Å². The highest BCUT2D eigenvalue weighted by Gasteiger charge is 2.05. The second-order valence-corrected chi connectivity index (χ2v) is 3.79. The Balaban J connectivity index is 2.25. The van der Waals surface area contributed by atoms with Gasteiger partial charge < -0.3 is 0 Å². The van der Waals surface area contributed by atoms with Crippen LogP contribution in [0, 0.1) is 13.8 Å². The Morgan fingerprint density at radius 1 is 1.13 bits per heavy atom. The van der Waals surface area contributed by atoms with E-state index in [0.29, 0.717) is 0 Å². The van der Waals surface area contributed by atoms with Gasteiger partial charge in [0, 0.05) is 13.0 Å². The highest BCUT2D eigenvalue weighted by molar-refractivity contribution is 5.13. The van der Waals surface area contributed by atoms with Gasteiger partial charge in [0.2, 0.25) is 0 Å². The van der Waals surface area contributed by atoms with E-state index in [1.807, 2.05) is 19.3 Å². The van der Waals surface area contributed by atoms with E-state index in [1.165, 1.54) is 11.3 Å². The molecule has 0 saturated heterocycles. The number of nitrogens with zero attached hydrogens (tertiary/aromatic N) is 2. The lowest BCUT2D eigenvalue weighted by Gasteiger charge is -2.02. The molecular weight excluding hydrogens is 184 g/mol. The van der Waals surface area contributed by atoms with E-state index < -0.39 is 0 Å². The van der Waals surface area contributed by atoms with Gasteiger partial charge in [0.25, 0.3) is 6.33 Å². The van der Waals surface area contributed by atoms with E-state index in [2.05, 4.69) is 46.8 Å². The molecule has 0 spiro atoms. The lowest BCUT2D eigenvalue weighted by atomic mass is 10.2. The van der Waals surface area contributed by atoms with Gasteiger partial charge in [0.15, 0.2) is 5.69 Å². The van der Waals surface area contributed by atoms with Crippen molar-refractivity contribution in [1.29, 1.82) is 0 Å². The first kappa shape index (κ1) is 9.84. The van der Waals surface area contributed by atoms with Crippen LogP contribution in [0.1, 0.15) is 17.0 Å². The maximum absolute atomic E-state index is 4.30. The highest BCUT2D eigenvalue weighted by Crippen LogP contribution is 1.99. The smallest absolute Gasteiger partial charge is 0.230 e. The monoisotopic (exact) mass is 199 g/mol. The molecule has 1 aromatic heterocycles. The molecule has 2 heteroatoms. The number of hydrogen-bond acceptors (Lipinski definition) is 1. The minimum atomic E-state index is 0.889. The molecule has 0 saturated carbocycles. The first-order valence-corrected chi connectivity index (χ1v) is 5.12. The van der Waals surface area contributed by atoms with Crippen molar-refractivity contribution < 1.29 is 4.57 Å². The molecule has 15 heavy (non-hydrogen) atoms. The summed E-state index contributed by atoms with van der Waals surface area (Å²) in [5.74, 6) is 0. The number of aryl methyl sites for hydroxylation is 2. The molecule has 0 N–H and O–H groups in total. The number of aromatic nitrogens is 2.